The first-order chi connectivity index (χ1) is 10.7. The van der Waals surface area contributed by atoms with Crippen LogP contribution in [0.5, 0.6) is 0 Å². The number of aryl methyl sites for hydroxylation is 1. The Morgan fingerprint density at radius 3 is 2.70 bits per heavy atom. The van der Waals surface area contributed by atoms with Gasteiger partial charge in [-0.3, -0.25) is 9.59 Å². The molecule has 1 aliphatic rings. The molecule has 23 heavy (non-hydrogen) atoms. The van der Waals surface area contributed by atoms with Crippen LogP contribution in [-0.4, -0.2) is 59.0 Å². The molecule has 1 aromatic heterocycles. The second kappa shape index (κ2) is 6.67. The number of imidazole rings is 1. The van der Waals surface area contributed by atoms with E-state index < -0.39 is 34.4 Å². The Morgan fingerprint density at radius 2 is 2.13 bits per heavy atom. The number of aromatic nitrogens is 2. The van der Waals surface area contributed by atoms with Crippen LogP contribution in [0.15, 0.2) is 17.6 Å². The molecular formula is C13H20N4O5S. The summed E-state index contributed by atoms with van der Waals surface area (Å²) in [6.45, 7) is 1.50. The molecule has 0 spiro atoms. The van der Waals surface area contributed by atoms with Crippen molar-refractivity contribution in [3.05, 3.63) is 12.5 Å². The number of likely N-dealkylation sites (tertiary alicyclic amines) is 1. The van der Waals surface area contributed by atoms with Crippen molar-refractivity contribution in [3.63, 3.8) is 0 Å². The number of hydrogen-bond acceptors (Lipinski definition) is 5. The third kappa shape index (κ3) is 4.08. The number of carbonyl (C=O) groups is 2. The molecule has 10 heteroatoms. The highest BCUT2D eigenvalue weighted by molar-refractivity contribution is 7.89. The molecule has 9 nitrogen and oxygen atoms in total. The number of hydrogen-bond donors (Lipinski definition) is 2. The molecule has 2 atom stereocenters. The third-order valence-corrected chi connectivity index (χ3v) is 5.21. The van der Waals surface area contributed by atoms with Crippen LogP contribution in [0.1, 0.15) is 19.8 Å². The van der Waals surface area contributed by atoms with Gasteiger partial charge in [-0.2, -0.15) is 0 Å². The summed E-state index contributed by atoms with van der Waals surface area (Å²) in [5.74, 6) is -1.99. The minimum absolute atomic E-state index is 0.0979. The average Bonchev–Trinajstić information content (AvgIpc) is 2.92. The highest BCUT2D eigenvalue weighted by atomic mass is 32.2. The van der Waals surface area contributed by atoms with Crippen molar-refractivity contribution in [1.29, 1.82) is 0 Å². The molecule has 2 rings (SSSR count). The van der Waals surface area contributed by atoms with Crippen molar-refractivity contribution in [2.45, 2.75) is 30.8 Å². The van der Waals surface area contributed by atoms with Gasteiger partial charge in [0.25, 0.3) is 10.0 Å². The predicted octanol–water partition coefficient (Wildman–Crippen LogP) is -0.590. The maximum absolute atomic E-state index is 12.2. The van der Waals surface area contributed by atoms with Crippen LogP contribution in [0.2, 0.25) is 0 Å². The van der Waals surface area contributed by atoms with E-state index in [4.69, 9.17) is 5.11 Å². The van der Waals surface area contributed by atoms with Crippen LogP contribution in [0, 0.1) is 5.92 Å². The minimum Gasteiger partial charge on any atom is -0.481 e. The van der Waals surface area contributed by atoms with Gasteiger partial charge in [-0.15, -0.1) is 0 Å². The van der Waals surface area contributed by atoms with Gasteiger partial charge in [-0.25, -0.2) is 18.1 Å². The number of piperidine rings is 1. The van der Waals surface area contributed by atoms with Gasteiger partial charge in [0.2, 0.25) is 5.91 Å². The Hall–Kier alpha value is -1.94. The van der Waals surface area contributed by atoms with E-state index in [0.717, 1.165) is 0 Å². The molecule has 2 N–H and O–H groups in total. The number of aliphatic carboxylic acids is 1. The van der Waals surface area contributed by atoms with Gasteiger partial charge in [0.1, 0.15) is 0 Å². The molecule has 1 aliphatic heterocycles. The monoisotopic (exact) mass is 344 g/mol. The number of carboxylic acids is 1. The number of carbonyl (C=O) groups excluding carboxylic acids is 1. The zero-order valence-electron chi connectivity index (χ0n) is 13.0. The topological polar surface area (TPSA) is 122 Å². The van der Waals surface area contributed by atoms with E-state index in [1.54, 1.807) is 7.05 Å². The molecule has 1 aromatic rings. The zero-order valence-corrected chi connectivity index (χ0v) is 13.8. The fraction of sp³-hybridized carbons (Fsp3) is 0.615. The van der Waals surface area contributed by atoms with Gasteiger partial charge < -0.3 is 14.6 Å². The van der Waals surface area contributed by atoms with E-state index in [0.29, 0.717) is 12.8 Å². The summed E-state index contributed by atoms with van der Waals surface area (Å²) < 4.78 is 27.8. The first-order valence-electron chi connectivity index (χ1n) is 7.20. The van der Waals surface area contributed by atoms with Crippen molar-refractivity contribution in [3.8, 4) is 0 Å². The zero-order chi connectivity index (χ0) is 17.2. The number of nitrogens with one attached hydrogen (secondary N) is 1. The highest BCUT2D eigenvalue weighted by Gasteiger charge is 2.32. The first kappa shape index (κ1) is 17.4. The van der Waals surface area contributed by atoms with E-state index >= 15 is 0 Å². The van der Waals surface area contributed by atoms with Crippen LogP contribution in [0.3, 0.4) is 0 Å². The van der Waals surface area contributed by atoms with E-state index in [1.165, 1.54) is 22.0 Å². The standard InChI is InChI=1S/C13H20N4O5S/c1-9-3-4-10(13(19)20)6-17(9)12(18)5-15-23(21,22)11-7-16(2)8-14-11/h7-10,15H,3-6H2,1-2H3,(H,19,20). The average molecular weight is 344 g/mol. The quantitative estimate of drug-likeness (QED) is 0.736. The lowest BCUT2D eigenvalue weighted by Crippen LogP contribution is -2.50. The van der Waals surface area contributed by atoms with E-state index in [1.807, 2.05) is 6.92 Å². The molecule has 0 aromatic carbocycles. The number of carboxylic acid groups (broad SMARTS) is 1. The molecule has 1 amide bonds. The summed E-state index contributed by atoms with van der Waals surface area (Å²) in [5, 5.41) is 8.91. The van der Waals surface area contributed by atoms with Crippen LogP contribution in [-0.2, 0) is 26.7 Å². The van der Waals surface area contributed by atoms with E-state index in [2.05, 4.69) is 9.71 Å². The molecule has 0 aliphatic carbocycles. The molecule has 2 heterocycles. The lowest BCUT2D eigenvalue weighted by Gasteiger charge is -2.36. The Balaban J connectivity index is 1.99. The SMILES string of the molecule is CC1CCC(C(=O)O)CN1C(=O)CNS(=O)(=O)c1cn(C)cn1. The number of sulfonamides is 1. The van der Waals surface area contributed by atoms with Crippen LogP contribution in [0.25, 0.3) is 0 Å². The normalized spacial score (nSPS) is 22.1. The smallest absolute Gasteiger partial charge is 0.308 e. The summed E-state index contributed by atoms with van der Waals surface area (Å²) in [6.07, 6.45) is 3.77. The molecular weight excluding hydrogens is 324 g/mol. The van der Waals surface area contributed by atoms with Crippen molar-refractivity contribution in [2.75, 3.05) is 13.1 Å². The van der Waals surface area contributed by atoms with Gasteiger partial charge in [0.15, 0.2) is 5.03 Å². The Morgan fingerprint density at radius 1 is 1.43 bits per heavy atom. The second-order valence-corrected chi connectivity index (χ2v) is 7.42. The Bertz CT molecular complexity index is 699. The van der Waals surface area contributed by atoms with Crippen LogP contribution in [0.4, 0.5) is 0 Å². The molecule has 0 bridgehead atoms. The summed E-state index contributed by atoms with van der Waals surface area (Å²) >= 11 is 0. The fourth-order valence-corrected chi connectivity index (χ4v) is 3.47. The van der Waals surface area contributed by atoms with E-state index in [9.17, 15) is 18.0 Å². The minimum atomic E-state index is -3.87. The van der Waals surface area contributed by atoms with Crippen LogP contribution < -0.4 is 4.72 Å². The summed E-state index contributed by atoms with van der Waals surface area (Å²) in [7, 11) is -2.23. The molecule has 128 valence electrons. The summed E-state index contributed by atoms with van der Waals surface area (Å²) in [6, 6.07) is -0.113. The largest absolute Gasteiger partial charge is 0.481 e. The maximum Gasteiger partial charge on any atom is 0.308 e. The number of amides is 1. The van der Waals surface area contributed by atoms with Gasteiger partial charge in [-0.05, 0) is 19.8 Å². The molecule has 2 unspecified atom stereocenters. The van der Waals surface area contributed by atoms with E-state index in [-0.39, 0.29) is 17.6 Å². The molecule has 1 fully saturated rings. The van der Waals surface area contributed by atoms with Crippen molar-refractivity contribution >= 4 is 21.9 Å². The maximum atomic E-state index is 12.2. The Kier molecular flexibility index (Phi) is 5.05. The summed E-state index contributed by atoms with van der Waals surface area (Å²) in [4.78, 5) is 28.5. The van der Waals surface area contributed by atoms with Gasteiger partial charge >= 0.3 is 5.97 Å². The number of nitrogens with zero attached hydrogens (tertiary/aromatic N) is 3. The van der Waals surface area contributed by atoms with Crippen molar-refractivity contribution in [2.24, 2.45) is 13.0 Å². The van der Waals surface area contributed by atoms with Crippen LogP contribution >= 0.6 is 0 Å². The van der Waals surface area contributed by atoms with Crippen molar-refractivity contribution < 1.29 is 23.1 Å². The fourth-order valence-electron chi connectivity index (χ4n) is 2.52. The number of rotatable bonds is 5. The Labute approximate surface area is 134 Å². The second-order valence-electron chi connectivity index (χ2n) is 5.71. The van der Waals surface area contributed by atoms with Gasteiger partial charge in [0.05, 0.1) is 18.8 Å². The molecule has 1 saturated heterocycles. The van der Waals surface area contributed by atoms with Crippen molar-refractivity contribution in [1.82, 2.24) is 19.2 Å². The molecule has 0 saturated carbocycles. The predicted molar refractivity (Wildman–Crippen MR) is 79.9 cm³/mol. The first-order valence-corrected chi connectivity index (χ1v) is 8.69. The molecule has 0 radical (unpaired) electrons. The lowest BCUT2D eigenvalue weighted by molar-refractivity contribution is -0.146. The third-order valence-electron chi connectivity index (χ3n) is 3.92. The lowest BCUT2D eigenvalue weighted by atomic mass is 9.93. The highest BCUT2D eigenvalue weighted by Crippen LogP contribution is 2.22. The van der Waals surface area contributed by atoms with Gasteiger partial charge in [-0.1, -0.05) is 0 Å². The van der Waals surface area contributed by atoms with Gasteiger partial charge in [0, 0.05) is 25.8 Å². The summed E-state index contributed by atoms with van der Waals surface area (Å²) in [5.41, 5.74) is 0.